The van der Waals surface area contributed by atoms with Crippen molar-refractivity contribution in [3.8, 4) is 0 Å². The number of thioether (sulfide) groups is 1. The van der Waals surface area contributed by atoms with Crippen molar-refractivity contribution in [2.75, 3.05) is 0 Å². The van der Waals surface area contributed by atoms with Crippen LogP contribution >= 0.6 is 27.7 Å². The maximum Gasteiger partial charge on any atom is 0.137 e. The SMILES string of the molecule is Cc1ccc(C)c(SCc2ccc(F)c(Br)c2)c1. The Morgan fingerprint density at radius 3 is 2.61 bits per heavy atom. The number of hydrogen-bond acceptors (Lipinski definition) is 1. The van der Waals surface area contributed by atoms with Gasteiger partial charge in [0.2, 0.25) is 0 Å². The van der Waals surface area contributed by atoms with Crippen LogP contribution in [0.5, 0.6) is 0 Å². The molecule has 0 saturated carbocycles. The Morgan fingerprint density at radius 1 is 1.11 bits per heavy atom. The first kappa shape index (κ1) is 13.6. The van der Waals surface area contributed by atoms with Crippen molar-refractivity contribution in [3.63, 3.8) is 0 Å². The van der Waals surface area contributed by atoms with Crippen LogP contribution in [0.25, 0.3) is 0 Å². The molecule has 0 saturated heterocycles. The average Bonchev–Trinajstić information content (AvgIpc) is 2.34. The first-order chi connectivity index (χ1) is 8.56. The lowest BCUT2D eigenvalue weighted by molar-refractivity contribution is 0.620. The molecule has 0 fully saturated rings. The van der Waals surface area contributed by atoms with Crippen molar-refractivity contribution in [2.24, 2.45) is 0 Å². The lowest BCUT2D eigenvalue weighted by atomic mass is 10.2. The van der Waals surface area contributed by atoms with E-state index in [4.69, 9.17) is 0 Å². The summed E-state index contributed by atoms with van der Waals surface area (Å²) >= 11 is 5.00. The monoisotopic (exact) mass is 324 g/mol. The van der Waals surface area contributed by atoms with Crippen LogP contribution in [0.1, 0.15) is 16.7 Å². The molecule has 0 atom stereocenters. The number of hydrogen-bond donors (Lipinski definition) is 0. The van der Waals surface area contributed by atoms with E-state index >= 15 is 0 Å². The molecule has 0 N–H and O–H groups in total. The van der Waals surface area contributed by atoms with Crippen molar-refractivity contribution in [1.82, 2.24) is 0 Å². The normalized spacial score (nSPS) is 10.7. The highest BCUT2D eigenvalue weighted by Gasteiger charge is 2.03. The van der Waals surface area contributed by atoms with Crippen LogP contribution in [0, 0.1) is 19.7 Å². The molecule has 94 valence electrons. The number of benzene rings is 2. The first-order valence-corrected chi connectivity index (χ1v) is 7.48. The molecule has 2 rings (SSSR count). The minimum atomic E-state index is -0.213. The van der Waals surface area contributed by atoms with Crippen LogP contribution in [0.15, 0.2) is 45.8 Å². The van der Waals surface area contributed by atoms with Crippen LogP contribution in [-0.4, -0.2) is 0 Å². The van der Waals surface area contributed by atoms with Crippen molar-refractivity contribution in [2.45, 2.75) is 24.5 Å². The predicted molar refractivity (Wildman–Crippen MR) is 79.6 cm³/mol. The fourth-order valence-corrected chi connectivity index (χ4v) is 3.15. The Labute approximate surface area is 120 Å². The number of halogens is 2. The fraction of sp³-hybridized carbons (Fsp3) is 0.200. The molecule has 0 heterocycles. The summed E-state index contributed by atoms with van der Waals surface area (Å²) in [4.78, 5) is 1.29. The molecule has 0 spiro atoms. The summed E-state index contributed by atoms with van der Waals surface area (Å²) in [6, 6.07) is 11.6. The maximum atomic E-state index is 13.1. The molecule has 0 aromatic heterocycles. The van der Waals surface area contributed by atoms with Crippen molar-refractivity contribution >= 4 is 27.7 Å². The van der Waals surface area contributed by atoms with E-state index in [1.807, 2.05) is 12.1 Å². The van der Waals surface area contributed by atoms with Gasteiger partial charge in [-0.25, -0.2) is 4.39 Å². The van der Waals surface area contributed by atoms with E-state index in [0.29, 0.717) is 4.47 Å². The van der Waals surface area contributed by atoms with Gasteiger partial charge < -0.3 is 0 Å². The topological polar surface area (TPSA) is 0 Å². The van der Waals surface area contributed by atoms with E-state index < -0.39 is 0 Å². The Hall–Kier alpha value is -0.800. The zero-order valence-corrected chi connectivity index (χ0v) is 12.7. The van der Waals surface area contributed by atoms with Gasteiger partial charge in [0.25, 0.3) is 0 Å². The second-order valence-corrected chi connectivity index (χ2v) is 6.18. The zero-order valence-electron chi connectivity index (χ0n) is 10.3. The van der Waals surface area contributed by atoms with Crippen LogP contribution in [0.3, 0.4) is 0 Å². The zero-order chi connectivity index (χ0) is 13.1. The third kappa shape index (κ3) is 3.36. The van der Waals surface area contributed by atoms with E-state index in [0.717, 1.165) is 11.3 Å². The molecular formula is C15H14BrFS. The standard InChI is InChI=1S/C15H14BrFS/c1-10-3-4-11(2)15(7-10)18-9-12-5-6-14(17)13(16)8-12/h3-8H,9H2,1-2H3. The molecule has 3 heteroatoms. The molecule has 0 nitrogen and oxygen atoms in total. The molecule has 0 aliphatic heterocycles. The van der Waals surface area contributed by atoms with Gasteiger partial charge in [0.05, 0.1) is 4.47 Å². The van der Waals surface area contributed by atoms with Crippen LogP contribution in [-0.2, 0) is 5.75 Å². The van der Waals surface area contributed by atoms with Crippen LogP contribution in [0.4, 0.5) is 4.39 Å². The smallest absolute Gasteiger partial charge is 0.137 e. The van der Waals surface area contributed by atoms with E-state index in [9.17, 15) is 4.39 Å². The van der Waals surface area contributed by atoms with Gasteiger partial charge in [0.15, 0.2) is 0 Å². The van der Waals surface area contributed by atoms with Crippen molar-refractivity contribution in [1.29, 1.82) is 0 Å². The van der Waals surface area contributed by atoms with Crippen LogP contribution < -0.4 is 0 Å². The summed E-state index contributed by atoms with van der Waals surface area (Å²) in [5, 5.41) is 0. The summed E-state index contributed by atoms with van der Waals surface area (Å²) in [7, 11) is 0. The predicted octanol–water partition coefficient (Wildman–Crippen LogP) is 5.50. The third-order valence-corrected chi connectivity index (χ3v) is 4.56. The van der Waals surface area contributed by atoms with Gasteiger partial charge in [0, 0.05) is 10.6 Å². The summed E-state index contributed by atoms with van der Waals surface area (Å²) in [5.41, 5.74) is 3.67. The molecule has 18 heavy (non-hydrogen) atoms. The van der Waals surface area contributed by atoms with Gasteiger partial charge >= 0.3 is 0 Å². The van der Waals surface area contributed by atoms with E-state index in [2.05, 4.69) is 48.0 Å². The quantitative estimate of drug-likeness (QED) is 0.672. The third-order valence-electron chi connectivity index (χ3n) is 2.72. The van der Waals surface area contributed by atoms with Gasteiger partial charge in [-0.3, -0.25) is 0 Å². The van der Waals surface area contributed by atoms with Crippen molar-refractivity contribution < 1.29 is 4.39 Å². The molecule has 0 radical (unpaired) electrons. The maximum absolute atomic E-state index is 13.1. The minimum absolute atomic E-state index is 0.213. The molecule has 2 aromatic rings. The highest BCUT2D eigenvalue weighted by Crippen LogP contribution is 2.28. The second kappa shape index (κ2) is 5.89. The molecular weight excluding hydrogens is 311 g/mol. The summed E-state index contributed by atoms with van der Waals surface area (Å²) in [5.74, 6) is 0.638. The lowest BCUT2D eigenvalue weighted by Gasteiger charge is -2.07. The van der Waals surface area contributed by atoms with E-state index in [1.165, 1.54) is 22.1 Å². The Morgan fingerprint density at radius 2 is 1.89 bits per heavy atom. The van der Waals surface area contributed by atoms with Crippen LogP contribution in [0.2, 0.25) is 0 Å². The number of aryl methyl sites for hydroxylation is 2. The molecule has 2 aromatic carbocycles. The van der Waals surface area contributed by atoms with Gasteiger partial charge in [-0.2, -0.15) is 0 Å². The van der Waals surface area contributed by atoms with E-state index in [1.54, 1.807) is 11.8 Å². The Bertz CT molecular complexity index is 566. The molecule has 0 aliphatic carbocycles. The largest absolute Gasteiger partial charge is 0.206 e. The van der Waals surface area contributed by atoms with Gasteiger partial charge in [-0.15, -0.1) is 11.8 Å². The summed E-state index contributed by atoms with van der Waals surface area (Å²) < 4.78 is 13.7. The lowest BCUT2D eigenvalue weighted by Crippen LogP contribution is -1.86. The second-order valence-electron chi connectivity index (χ2n) is 4.31. The first-order valence-electron chi connectivity index (χ1n) is 5.70. The highest BCUT2D eigenvalue weighted by atomic mass is 79.9. The summed E-state index contributed by atoms with van der Waals surface area (Å²) in [6.45, 7) is 4.21. The Balaban J connectivity index is 2.11. The summed E-state index contributed by atoms with van der Waals surface area (Å²) in [6.07, 6.45) is 0. The molecule has 0 aliphatic rings. The van der Waals surface area contributed by atoms with E-state index in [-0.39, 0.29) is 5.82 Å². The molecule has 0 bridgehead atoms. The Kier molecular flexibility index (Phi) is 4.46. The highest BCUT2D eigenvalue weighted by molar-refractivity contribution is 9.10. The van der Waals surface area contributed by atoms with Gasteiger partial charge in [0.1, 0.15) is 5.82 Å². The molecule has 0 amide bonds. The van der Waals surface area contributed by atoms with Crippen molar-refractivity contribution in [3.05, 3.63) is 63.4 Å². The average molecular weight is 325 g/mol. The van der Waals surface area contributed by atoms with Gasteiger partial charge in [-0.1, -0.05) is 23.8 Å². The number of rotatable bonds is 3. The molecule has 0 unspecified atom stereocenters. The van der Waals surface area contributed by atoms with Gasteiger partial charge in [-0.05, 0) is 59.1 Å². The fourth-order valence-electron chi connectivity index (χ4n) is 1.65. The minimum Gasteiger partial charge on any atom is -0.206 e.